The molecular weight excluding hydrogens is 274 g/mol. The van der Waals surface area contributed by atoms with Crippen molar-refractivity contribution < 1.29 is 9.52 Å². The number of aromatic nitrogens is 3. The molecule has 0 aliphatic rings. The second-order valence-electron chi connectivity index (χ2n) is 4.25. The highest BCUT2D eigenvalue weighted by molar-refractivity contribution is 7.16. The maximum Gasteiger partial charge on any atom is 0.212 e. The van der Waals surface area contributed by atoms with Gasteiger partial charge in [0.15, 0.2) is 17.3 Å². The summed E-state index contributed by atoms with van der Waals surface area (Å²) in [5, 5.41) is 14.9. The molecule has 0 fully saturated rings. The van der Waals surface area contributed by atoms with E-state index in [-0.39, 0.29) is 5.76 Å². The van der Waals surface area contributed by atoms with E-state index in [1.807, 2.05) is 0 Å². The lowest BCUT2D eigenvalue weighted by Crippen LogP contribution is -1.83. The lowest BCUT2D eigenvalue weighted by molar-refractivity contribution is 0.464. The Bertz CT molecular complexity index is 778. The average Bonchev–Trinajstić information content (AvgIpc) is 3.09. The Labute approximate surface area is 119 Å². The number of furan rings is 1. The molecule has 20 heavy (non-hydrogen) atoms. The highest BCUT2D eigenvalue weighted by Gasteiger charge is 2.16. The van der Waals surface area contributed by atoms with Crippen molar-refractivity contribution in [1.29, 1.82) is 0 Å². The predicted octanol–water partition coefficient (Wildman–Crippen LogP) is 3.78. The minimum absolute atomic E-state index is 0.126. The molecule has 3 heterocycles. The largest absolute Gasteiger partial charge is 0.505 e. The fraction of sp³-hybridized carbons (Fsp3) is 0.143. The molecule has 1 N–H and O–H groups in total. The molecule has 0 amide bonds. The Morgan fingerprint density at radius 3 is 2.95 bits per heavy atom. The Balaban J connectivity index is 2.08. The monoisotopic (exact) mass is 287 g/mol. The number of rotatable bonds is 4. The van der Waals surface area contributed by atoms with Gasteiger partial charge in [-0.3, -0.25) is 0 Å². The van der Waals surface area contributed by atoms with Gasteiger partial charge in [-0.15, -0.1) is 0 Å². The van der Waals surface area contributed by atoms with Crippen LogP contribution in [0.5, 0.6) is 0 Å². The number of imidazole rings is 1. The van der Waals surface area contributed by atoms with E-state index in [0.29, 0.717) is 22.8 Å². The minimum Gasteiger partial charge on any atom is -0.505 e. The summed E-state index contributed by atoms with van der Waals surface area (Å²) in [6, 6.07) is 1.77. The van der Waals surface area contributed by atoms with E-state index in [0.717, 1.165) is 16.4 Å². The number of hydrogen-bond acceptors (Lipinski definition) is 5. The van der Waals surface area contributed by atoms with Crippen LogP contribution in [0.2, 0.25) is 0 Å². The van der Waals surface area contributed by atoms with E-state index in [1.165, 1.54) is 0 Å². The van der Waals surface area contributed by atoms with Crippen LogP contribution in [0, 0.1) is 0 Å². The molecule has 0 radical (unpaired) electrons. The standard InChI is InChI=1S/C14H13N3O2S/c1-4-9-6-11(19-13(9)8(3)18)10-7-17-14(15-10)20-12(5-2)16-17/h4,6-7,18H,1,3,5H2,2H3. The van der Waals surface area contributed by atoms with Gasteiger partial charge in [0.05, 0.1) is 6.20 Å². The lowest BCUT2D eigenvalue weighted by Gasteiger charge is -1.93. The first kappa shape index (κ1) is 12.7. The SMILES string of the molecule is C=Cc1cc(-c2cn3nc(CC)sc3n2)oc1C(=C)O. The van der Waals surface area contributed by atoms with Crippen molar-refractivity contribution in [1.82, 2.24) is 14.6 Å². The van der Waals surface area contributed by atoms with Crippen molar-refractivity contribution in [3.8, 4) is 11.5 Å². The summed E-state index contributed by atoms with van der Waals surface area (Å²) in [5.41, 5.74) is 1.35. The highest BCUT2D eigenvalue weighted by atomic mass is 32.1. The zero-order valence-electron chi connectivity index (χ0n) is 11.0. The molecule has 0 bridgehead atoms. The van der Waals surface area contributed by atoms with Gasteiger partial charge in [0.2, 0.25) is 4.96 Å². The third-order valence-corrected chi connectivity index (χ3v) is 3.95. The van der Waals surface area contributed by atoms with E-state index in [4.69, 9.17) is 4.42 Å². The summed E-state index contributed by atoms with van der Waals surface area (Å²) >= 11 is 1.55. The van der Waals surface area contributed by atoms with Crippen LogP contribution >= 0.6 is 11.3 Å². The summed E-state index contributed by atoms with van der Waals surface area (Å²) in [4.78, 5) is 5.30. The van der Waals surface area contributed by atoms with Gasteiger partial charge in [-0.1, -0.05) is 37.5 Å². The van der Waals surface area contributed by atoms with Crippen LogP contribution in [-0.2, 0) is 6.42 Å². The molecule has 0 unspecified atom stereocenters. The Kier molecular flexibility index (Phi) is 2.94. The van der Waals surface area contributed by atoms with Gasteiger partial charge in [0.25, 0.3) is 0 Å². The van der Waals surface area contributed by atoms with Gasteiger partial charge >= 0.3 is 0 Å². The van der Waals surface area contributed by atoms with E-state index in [1.54, 1.807) is 34.2 Å². The summed E-state index contributed by atoms with van der Waals surface area (Å²) in [5.74, 6) is 0.743. The van der Waals surface area contributed by atoms with Crippen LogP contribution in [0.15, 0.2) is 29.8 Å². The first-order valence-electron chi connectivity index (χ1n) is 6.12. The van der Waals surface area contributed by atoms with Crippen molar-refractivity contribution in [3.05, 3.63) is 41.8 Å². The number of fused-ring (bicyclic) bond motifs is 1. The predicted molar refractivity (Wildman–Crippen MR) is 79.7 cm³/mol. The van der Waals surface area contributed by atoms with Crippen LogP contribution in [0.3, 0.4) is 0 Å². The zero-order valence-corrected chi connectivity index (χ0v) is 11.8. The maximum atomic E-state index is 9.49. The topological polar surface area (TPSA) is 63.6 Å². The van der Waals surface area contributed by atoms with Crippen molar-refractivity contribution in [2.24, 2.45) is 0 Å². The second kappa shape index (κ2) is 4.64. The molecule has 0 aliphatic carbocycles. The fourth-order valence-corrected chi connectivity index (χ4v) is 2.73. The van der Waals surface area contributed by atoms with E-state index < -0.39 is 0 Å². The molecule has 0 saturated carbocycles. The minimum atomic E-state index is -0.126. The molecule has 3 aromatic heterocycles. The summed E-state index contributed by atoms with van der Waals surface area (Å²) in [6.45, 7) is 9.22. The van der Waals surface area contributed by atoms with Gasteiger partial charge in [-0.25, -0.2) is 9.50 Å². The summed E-state index contributed by atoms with van der Waals surface area (Å²) in [6.07, 6.45) is 4.30. The summed E-state index contributed by atoms with van der Waals surface area (Å²) < 4.78 is 7.33. The molecule has 0 spiro atoms. The average molecular weight is 287 g/mol. The Morgan fingerprint density at radius 1 is 1.60 bits per heavy atom. The normalized spacial score (nSPS) is 11.1. The molecule has 0 aliphatic heterocycles. The first-order valence-corrected chi connectivity index (χ1v) is 6.94. The van der Waals surface area contributed by atoms with Crippen molar-refractivity contribution in [2.45, 2.75) is 13.3 Å². The zero-order chi connectivity index (χ0) is 14.3. The van der Waals surface area contributed by atoms with Crippen LogP contribution in [0.25, 0.3) is 28.3 Å². The molecule has 102 valence electrons. The van der Waals surface area contributed by atoms with Crippen LogP contribution in [-0.4, -0.2) is 19.7 Å². The Hall–Kier alpha value is -2.34. The first-order chi connectivity index (χ1) is 9.62. The Morgan fingerprint density at radius 2 is 2.40 bits per heavy atom. The molecule has 3 aromatic rings. The van der Waals surface area contributed by atoms with Crippen molar-refractivity contribution in [2.75, 3.05) is 0 Å². The molecule has 3 rings (SSSR count). The lowest BCUT2D eigenvalue weighted by atomic mass is 10.2. The van der Waals surface area contributed by atoms with Crippen LogP contribution in [0.4, 0.5) is 0 Å². The van der Waals surface area contributed by atoms with E-state index in [9.17, 15) is 5.11 Å². The number of nitrogens with zero attached hydrogens (tertiary/aromatic N) is 3. The molecule has 0 aromatic carbocycles. The van der Waals surface area contributed by atoms with Gasteiger partial charge in [-0.2, -0.15) is 5.10 Å². The van der Waals surface area contributed by atoms with Crippen molar-refractivity contribution >= 4 is 28.1 Å². The smallest absolute Gasteiger partial charge is 0.212 e. The van der Waals surface area contributed by atoms with Gasteiger partial charge in [-0.05, 0) is 12.5 Å². The third kappa shape index (κ3) is 1.94. The fourth-order valence-electron chi connectivity index (χ4n) is 1.91. The molecule has 0 atom stereocenters. The number of aryl methyl sites for hydroxylation is 1. The van der Waals surface area contributed by atoms with Crippen LogP contribution in [0.1, 0.15) is 23.3 Å². The molecule has 0 saturated heterocycles. The van der Waals surface area contributed by atoms with Crippen LogP contribution < -0.4 is 0 Å². The molecular formula is C14H13N3O2S. The van der Waals surface area contributed by atoms with Gasteiger partial charge < -0.3 is 9.52 Å². The quantitative estimate of drug-likeness (QED) is 0.742. The van der Waals surface area contributed by atoms with E-state index in [2.05, 4.69) is 30.2 Å². The number of hydrogen-bond donors (Lipinski definition) is 1. The van der Waals surface area contributed by atoms with E-state index >= 15 is 0 Å². The highest BCUT2D eigenvalue weighted by Crippen LogP contribution is 2.29. The van der Waals surface area contributed by atoms with Crippen molar-refractivity contribution in [3.63, 3.8) is 0 Å². The maximum absolute atomic E-state index is 9.49. The molecule has 6 heteroatoms. The van der Waals surface area contributed by atoms with Gasteiger partial charge in [0, 0.05) is 5.56 Å². The molecule has 5 nitrogen and oxygen atoms in total. The second-order valence-corrected chi connectivity index (χ2v) is 5.29. The third-order valence-electron chi connectivity index (χ3n) is 2.88. The van der Waals surface area contributed by atoms with Gasteiger partial charge in [0.1, 0.15) is 10.7 Å². The number of aliphatic hydroxyl groups excluding tert-OH is 1. The number of aliphatic hydroxyl groups is 1. The summed E-state index contributed by atoms with van der Waals surface area (Å²) in [7, 11) is 0.